The SMILES string of the molecule is C=CCC(F)(F)C(F)C(F)(F)N1CCCCC1. The number of nitrogens with zero attached hydrogens (tertiary/aromatic N) is 1. The van der Waals surface area contributed by atoms with Crippen molar-refractivity contribution in [1.82, 2.24) is 4.90 Å². The normalized spacial score (nSPS) is 21.2. The van der Waals surface area contributed by atoms with Gasteiger partial charge < -0.3 is 0 Å². The molecular formula is C11H16F5N. The summed E-state index contributed by atoms with van der Waals surface area (Å²) in [5.74, 6) is -4.08. The van der Waals surface area contributed by atoms with Gasteiger partial charge in [-0.3, -0.25) is 0 Å². The molecule has 0 aromatic heterocycles. The number of piperidine rings is 1. The molecule has 6 heteroatoms. The maximum Gasteiger partial charge on any atom is 0.341 e. The second kappa shape index (κ2) is 5.33. The maximum absolute atomic E-state index is 13.6. The summed E-state index contributed by atoms with van der Waals surface area (Å²) in [6.07, 6.45) is -2.10. The Hall–Kier alpha value is -0.650. The van der Waals surface area contributed by atoms with Gasteiger partial charge in [0.2, 0.25) is 6.17 Å². The van der Waals surface area contributed by atoms with Crippen LogP contribution in [0.25, 0.3) is 0 Å². The fourth-order valence-corrected chi connectivity index (χ4v) is 1.90. The van der Waals surface area contributed by atoms with Crippen LogP contribution in [0.1, 0.15) is 25.7 Å². The molecule has 1 saturated heterocycles. The van der Waals surface area contributed by atoms with E-state index in [9.17, 15) is 22.0 Å². The lowest BCUT2D eigenvalue weighted by Crippen LogP contribution is -2.56. The van der Waals surface area contributed by atoms with Crippen LogP contribution in [0.3, 0.4) is 0 Å². The van der Waals surface area contributed by atoms with Crippen LogP contribution in [0.15, 0.2) is 12.7 Å². The van der Waals surface area contributed by atoms with E-state index in [-0.39, 0.29) is 13.1 Å². The van der Waals surface area contributed by atoms with Gasteiger partial charge in [0.25, 0.3) is 5.92 Å². The number of allylic oxidation sites excluding steroid dienone is 1. The van der Waals surface area contributed by atoms with Gasteiger partial charge in [-0.2, -0.15) is 8.78 Å². The predicted molar refractivity (Wildman–Crippen MR) is 55.0 cm³/mol. The Bertz CT molecular complexity index is 261. The van der Waals surface area contributed by atoms with Gasteiger partial charge in [-0.25, -0.2) is 18.1 Å². The Kier molecular flexibility index (Phi) is 4.52. The summed E-state index contributed by atoms with van der Waals surface area (Å²) in [6.45, 7) is 2.93. The molecule has 0 spiro atoms. The highest BCUT2D eigenvalue weighted by Gasteiger charge is 2.58. The zero-order valence-electron chi connectivity index (χ0n) is 9.44. The van der Waals surface area contributed by atoms with Crippen molar-refractivity contribution in [3.8, 4) is 0 Å². The molecule has 0 saturated carbocycles. The lowest BCUT2D eigenvalue weighted by atomic mass is 10.1. The van der Waals surface area contributed by atoms with Crippen molar-refractivity contribution in [2.45, 2.75) is 43.8 Å². The standard InChI is InChI=1S/C11H16F5N/c1-2-6-10(13,14)9(12)11(15,16)17-7-4-3-5-8-17/h2,9H,1,3-8H2. The average Bonchev–Trinajstić information content (AvgIpc) is 2.29. The second-order valence-corrected chi connectivity index (χ2v) is 4.25. The zero-order valence-corrected chi connectivity index (χ0v) is 9.44. The Labute approximate surface area is 97.3 Å². The minimum atomic E-state index is -4.12. The average molecular weight is 257 g/mol. The molecule has 0 N–H and O–H groups in total. The first-order valence-electron chi connectivity index (χ1n) is 5.58. The van der Waals surface area contributed by atoms with Crippen molar-refractivity contribution in [2.75, 3.05) is 13.1 Å². The highest BCUT2D eigenvalue weighted by molar-refractivity contribution is 4.93. The lowest BCUT2D eigenvalue weighted by molar-refractivity contribution is -0.251. The number of halogens is 5. The number of hydrogen-bond donors (Lipinski definition) is 0. The van der Waals surface area contributed by atoms with E-state index in [4.69, 9.17) is 0 Å². The van der Waals surface area contributed by atoms with Crippen LogP contribution in [0, 0.1) is 0 Å². The molecule has 0 bridgehead atoms. The number of alkyl halides is 5. The number of hydrogen-bond acceptors (Lipinski definition) is 1. The number of rotatable bonds is 5. The van der Waals surface area contributed by atoms with Gasteiger partial charge in [0.1, 0.15) is 0 Å². The van der Waals surface area contributed by atoms with Crippen LogP contribution >= 0.6 is 0 Å². The molecule has 17 heavy (non-hydrogen) atoms. The van der Waals surface area contributed by atoms with E-state index < -0.39 is 24.6 Å². The maximum atomic E-state index is 13.6. The molecule has 1 fully saturated rings. The molecule has 1 heterocycles. The zero-order chi connectivity index (χ0) is 13.1. The summed E-state index contributed by atoms with van der Waals surface area (Å²) in [5.41, 5.74) is 0. The van der Waals surface area contributed by atoms with E-state index in [0.717, 1.165) is 12.5 Å². The molecular weight excluding hydrogens is 241 g/mol. The Morgan fingerprint density at radius 2 is 1.65 bits per heavy atom. The Balaban J connectivity index is 2.76. The fraction of sp³-hybridized carbons (Fsp3) is 0.818. The molecule has 0 aliphatic carbocycles. The van der Waals surface area contributed by atoms with Crippen molar-refractivity contribution < 1.29 is 22.0 Å². The van der Waals surface area contributed by atoms with Gasteiger partial charge in [0.05, 0.1) is 0 Å². The Morgan fingerprint density at radius 1 is 1.12 bits per heavy atom. The largest absolute Gasteiger partial charge is 0.341 e. The van der Waals surface area contributed by atoms with E-state index in [0.29, 0.717) is 17.7 Å². The molecule has 0 amide bonds. The van der Waals surface area contributed by atoms with Crippen LogP contribution in [0.2, 0.25) is 0 Å². The van der Waals surface area contributed by atoms with Crippen LogP contribution in [0.5, 0.6) is 0 Å². The summed E-state index contributed by atoms with van der Waals surface area (Å²) in [6, 6.07) is -4.12. The first-order valence-corrected chi connectivity index (χ1v) is 5.58. The molecule has 0 radical (unpaired) electrons. The number of likely N-dealkylation sites (tertiary alicyclic amines) is 1. The predicted octanol–water partition coefficient (Wildman–Crippen LogP) is 3.61. The van der Waals surface area contributed by atoms with E-state index in [1.807, 2.05) is 0 Å². The molecule has 0 aromatic carbocycles. The van der Waals surface area contributed by atoms with Crippen LogP contribution < -0.4 is 0 Å². The van der Waals surface area contributed by atoms with Crippen molar-refractivity contribution in [2.24, 2.45) is 0 Å². The summed E-state index contributed by atoms with van der Waals surface area (Å²) in [4.78, 5) is 0.512. The van der Waals surface area contributed by atoms with E-state index >= 15 is 0 Å². The fourth-order valence-electron chi connectivity index (χ4n) is 1.90. The third kappa shape index (κ3) is 3.18. The first-order chi connectivity index (χ1) is 7.82. The van der Waals surface area contributed by atoms with Crippen LogP contribution in [-0.4, -0.2) is 36.1 Å². The molecule has 1 unspecified atom stereocenters. The summed E-state index contributed by atoms with van der Waals surface area (Å²) in [5, 5.41) is 0. The van der Waals surface area contributed by atoms with Gasteiger partial charge in [0, 0.05) is 19.5 Å². The van der Waals surface area contributed by atoms with E-state index in [1.165, 1.54) is 0 Å². The molecule has 1 rings (SSSR count). The quantitative estimate of drug-likeness (QED) is 0.413. The topological polar surface area (TPSA) is 3.24 Å². The molecule has 100 valence electrons. The van der Waals surface area contributed by atoms with E-state index in [1.54, 1.807) is 0 Å². The smallest absolute Gasteiger partial charge is 0.242 e. The van der Waals surface area contributed by atoms with Gasteiger partial charge in [0.15, 0.2) is 0 Å². The highest BCUT2D eigenvalue weighted by atomic mass is 19.3. The van der Waals surface area contributed by atoms with Gasteiger partial charge in [-0.1, -0.05) is 12.5 Å². The summed E-state index contributed by atoms with van der Waals surface area (Å²) in [7, 11) is 0. The van der Waals surface area contributed by atoms with Crippen LogP contribution in [0.4, 0.5) is 22.0 Å². The molecule has 1 nitrogen and oxygen atoms in total. The van der Waals surface area contributed by atoms with E-state index in [2.05, 4.69) is 6.58 Å². The van der Waals surface area contributed by atoms with Crippen molar-refractivity contribution >= 4 is 0 Å². The first kappa shape index (κ1) is 14.4. The van der Waals surface area contributed by atoms with Crippen molar-refractivity contribution in [3.63, 3.8) is 0 Å². The molecule has 1 aliphatic rings. The van der Waals surface area contributed by atoms with Crippen molar-refractivity contribution in [3.05, 3.63) is 12.7 Å². The Morgan fingerprint density at radius 3 is 2.12 bits per heavy atom. The molecule has 1 atom stereocenters. The summed E-state index contributed by atoms with van der Waals surface area (Å²) >= 11 is 0. The highest BCUT2D eigenvalue weighted by Crippen LogP contribution is 2.39. The third-order valence-corrected chi connectivity index (χ3v) is 2.87. The minimum Gasteiger partial charge on any atom is -0.242 e. The minimum absolute atomic E-state index is 0.0441. The third-order valence-electron chi connectivity index (χ3n) is 2.87. The van der Waals surface area contributed by atoms with Gasteiger partial charge in [-0.05, 0) is 12.8 Å². The monoisotopic (exact) mass is 257 g/mol. The second-order valence-electron chi connectivity index (χ2n) is 4.25. The van der Waals surface area contributed by atoms with Crippen LogP contribution in [-0.2, 0) is 0 Å². The van der Waals surface area contributed by atoms with Gasteiger partial charge >= 0.3 is 6.05 Å². The molecule has 1 aliphatic heterocycles. The summed E-state index contributed by atoms with van der Waals surface area (Å²) < 4.78 is 66.7. The van der Waals surface area contributed by atoms with Gasteiger partial charge in [-0.15, -0.1) is 6.58 Å². The van der Waals surface area contributed by atoms with Crippen molar-refractivity contribution in [1.29, 1.82) is 0 Å². The molecule has 0 aromatic rings. The lowest BCUT2D eigenvalue weighted by Gasteiger charge is -2.37.